The zero-order valence-corrected chi connectivity index (χ0v) is 15.5. The van der Waals surface area contributed by atoms with E-state index >= 15 is 0 Å². The summed E-state index contributed by atoms with van der Waals surface area (Å²) in [6, 6.07) is 2.55. The predicted molar refractivity (Wildman–Crippen MR) is 97.6 cm³/mol. The Bertz CT molecular complexity index is 987. The third-order valence-electron chi connectivity index (χ3n) is 3.59. The summed E-state index contributed by atoms with van der Waals surface area (Å²) in [5, 5.41) is 6.12. The van der Waals surface area contributed by atoms with Gasteiger partial charge in [0, 0.05) is 22.7 Å². The molecule has 0 unspecified atom stereocenters. The Labute approximate surface area is 162 Å². The lowest BCUT2D eigenvalue weighted by Crippen LogP contribution is -2.25. The van der Waals surface area contributed by atoms with Gasteiger partial charge in [0.2, 0.25) is 0 Å². The molecule has 0 spiro atoms. The lowest BCUT2D eigenvalue weighted by atomic mass is 10.2. The van der Waals surface area contributed by atoms with Crippen molar-refractivity contribution in [2.75, 3.05) is 0 Å². The highest BCUT2D eigenvalue weighted by molar-refractivity contribution is 7.11. The van der Waals surface area contributed by atoms with Gasteiger partial charge in [0.15, 0.2) is 0 Å². The standard InChI is InChI=1S/C18H15F2N5O2S/c1-10-21-7-15(28-10)8-25-18(27)16-9-22-14(5-23-16)6-24-17(26)11-2-12(19)4-13(20)3-11/h2-5,7,9H,6,8H2,1H3,(H,24,26)(H,25,27). The summed E-state index contributed by atoms with van der Waals surface area (Å²) >= 11 is 1.49. The van der Waals surface area contributed by atoms with Gasteiger partial charge in [0.1, 0.15) is 17.3 Å². The molecule has 0 aliphatic carbocycles. The van der Waals surface area contributed by atoms with Crippen LogP contribution in [0.2, 0.25) is 0 Å². The largest absolute Gasteiger partial charge is 0.346 e. The quantitative estimate of drug-likeness (QED) is 0.659. The maximum absolute atomic E-state index is 13.2. The topological polar surface area (TPSA) is 96.9 Å². The van der Waals surface area contributed by atoms with Crippen molar-refractivity contribution in [3.05, 3.63) is 75.3 Å². The molecule has 2 N–H and O–H groups in total. The summed E-state index contributed by atoms with van der Waals surface area (Å²) in [4.78, 5) is 37.2. The van der Waals surface area contributed by atoms with E-state index in [0.717, 1.165) is 22.0 Å². The van der Waals surface area contributed by atoms with E-state index in [0.29, 0.717) is 18.3 Å². The van der Waals surface area contributed by atoms with Gasteiger partial charge in [-0.05, 0) is 19.1 Å². The first kappa shape index (κ1) is 19.5. The van der Waals surface area contributed by atoms with Gasteiger partial charge in [0.25, 0.3) is 11.8 Å². The Morgan fingerprint density at radius 1 is 0.929 bits per heavy atom. The Balaban J connectivity index is 1.53. The highest BCUT2D eigenvalue weighted by atomic mass is 32.1. The fraction of sp³-hybridized carbons (Fsp3) is 0.167. The predicted octanol–water partition coefficient (Wildman–Crippen LogP) is 2.38. The number of rotatable bonds is 6. The molecule has 3 rings (SSSR count). The van der Waals surface area contributed by atoms with E-state index < -0.39 is 17.5 Å². The maximum Gasteiger partial charge on any atom is 0.271 e. The van der Waals surface area contributed by atoms with Crippen LogP contribution in [0.1, 0.15) is 36.4 Å². The van der Waals surface area contributed by atoms with E-state index in [4.69, 9.17) is 0 Å². The zero-order chi connectivity index (χ0) is 20.1. The molecule has 0 bridgehead atoms. The van der Waals surface area contributed by atoms with Crippen molar-refractivity contribution in [3.8, 4) is 0 Å². The van der Waals surface area contributed by atoms with Crippen molar-refractivity contribution in [2.45, 2.75) is 20.0 Å². The van der Waals surface area contributed by atoms with E-state index in [-0.39, 0.29) is 23.7 Å². The molecular formula is C18H15F2N5O2S. The van der Waals surface area contributed by atoms with E-state index in [1.807, 2.05) is 6.92 Å². The minimum absolute atomic E-state index is 0.00793. The molecule has 0 aliphatic heterocycles. The number of aryl methyl sites for hydroxylation is 1. The average Bonchev–Trinajstić information content (AvgIpc) is 3.09. The fourth-order valence-electron chi connectivity index (χ4n) is 2.27. The molecule has 0 radical (unpaired) electrons. The van der Waals surface area contributed by atoms with E-state index in [1.54, 1.807) is 6.20 Å². The van der Waals surface area contributed by atoms with E-state index in [1.165, 1.54) is 23.7 Å². The first-order chi connectivity index (χ1) is 13.4. The smallest absolute Gasteiger partial charge is 0.271 e. The Morgan fingerprint density at radius 2 is 1.64 bits per heavy atom. The van der Waals surface area contributed by atoms with Gasteiger partial charge in [-0.15, -0.1) is 11.3 Å². The van der Waals surface area contributed by atoms with Gasteiger partial charge >= 0.3 is 0 Å². The number of benzene rings is 1. The number of halogens is 2. The second-order valence-electron chi connectivity index (χ2n) is 5.76. The lowest BCUT2D eigenvalue weighted by Gasteiger charge is -2.06. The van der Waals surface area contributed by atoms with Crippen LogP contribution in [0.25, 0.3) is 0 Å². The van der Waals surface area contributed by atoms with Crippen LogP contribution >= 0.6 is 11.3 Å². The van der Waals surface area contributed by atoms with E-state index in [2.05, 4.69) is 25.6 Å². The SMILES string of the molecule is Cc1ncc(CNC(=O)c2cnc(CNC(=O)c3cc(F)cc(F)c3)cn2)s1. The fourth-order valence-corrected chi connectivity index (χ4v) is 3.00. The van der Waals surface area contributed by atoms with Crippen LogP contribution in [-0.4, -0.2) is 26.8 Å². The summed E-state index contributed by atoms with van der Waals surface area (Å²) in [5.74, 6) is -2.71. The van der Waals surface area contributed by atoms with Gasteiger partial charge in [-0.1, -0.05) is 0 Å². The molecule has 3 aromatic rings. The van der Waals surface area contributed by atoms with Gasteiger partial charge in [-0.25, -0.2) is 18.7 Å². The molecule has 0 atom stereocenters. The van der Waals surface area contributed by atoms with Crippen molar-refractivity contribution in [3.63, 3.8) is 0 Å². The van der Waals surface area contributed by atoms with Crippen molar-refractivity contribution >= 4 is 23.2 Å². The number of nitrogens with one attached hydrogen (secondary N) is 2. The molecule has 0 saturated heterocycles. The number of carbonyl (C=O) groups excluding carboxylic acids is 2. The molecule has 7 nitrogen and oxygen atoms in total. The first-order valence-electron chi connectivity index (χ1n) is 8.15. The van der Waals surface area contributed by atoms with Gasteiger partial charge in [-0.2, -0.15) is 0 Å². The molecule has 2 aromatic heterocycles. The average molecular weight is 403 g/mol. The van der Waals surface area contributed by atoms with Crippen LogP contribution in [0, 0.1) is 18.6 Å². The summed E-state index contributed by atoms with van der Waals surface area (Å²) in [6.45, 7) is 2.21. The monoisotopic (exact) mass is 403 g/mol. The summed E-state index contributed by atoms with van der Waals surface area (Å²) in [6.07, 6.45) is 4.33. The van der Waals surface area contributed by atoms with Crippen molar-refractivity contribution in [1.82, 2.24) is 25.6 Å². The molecule has 0 saturated carbocycles. The zero-order valence-electron chi connectivity index (χ0n) is 14.7. The van der Waals surface area contributed by atoms with E-state index in [9.17, 15) is 18.4 Å². The number of aromatic nitrogens is 3. The molecule has 28 heavy (non-hydrogen) atoms. The Hall–Kier alpha value is -3.27. The number of carbonyl (C=O) groups is 2. The molecule has 1 aromatic carbocycles. The minimum Gasteiger partial charge on any atom is -0.346 e. The molecule has 10 heteroatoms. The number of hydrogen-bond acceptors (Lipinski definition) is 6. The number of nitrogens with zero attached hydrogens (tertiary/aromatic N) is 3. The summed E-state index contributed by atoms with van der Waals surface area (Å²) in [5.41, 5.74) is 0.378. The third kappa shape index (κ3) is 5.13. The van der Waals surface area contributed by atoms with Crippen LogP contribution in [-0.2, 0) is 13.1 Å². The van der Waals surface area contributed by atoms with Gasteiger partial charge in [0.05, 0.1) is 36.2 Å². The summed E-state index contributed by atoms with van der Waals surface area (Å²) < 4.78 is 26.3. The van der Waals surface area contributed by atoms with Crippen LogP contribution in [0.5, 0.6) is 0 Å². The molecule has 2 heterocycles. The first-order valence-corrected chi connectivity index (χ1v) is 8.97. The highest BCUT2D eigenvalue weighted by Gasteiger charge is 2.11. The highest BCUT2D eigenvalue weighted by Crippen LogP contribution is 2.11. The van der Waals surface area contributed by atoms with Crippen LogP contribution in [0.3, 0.4) is 0 Å². The van der Waals surface area contributed by atoms with Crippen molar-refractivity contribution < 1.29 is 18.4 Å². The van der Waals surface area contributed by atoms with Crippen LogP contribution < -0.4 is 10.6 Å². The maximum atomic E-state index is 13.2. The number of hydrogen-bond donors (Lipinski definition) is 2. The Morgan fingerprint density at radius 3 is 2.25 bits per heavy atom. The van der Waals surface area contributed by atoms with Crippen LogP contribution in [0.4, 0.5) is 8.78 Å². The molecule has 2 amide bonds. The number of thiazole rings is 1. The third-order valence-corrected chi connectivity index (χ3v) is 4.50. The normalized spacial score (nSPS) is 10.5. The lowest BCUT2D eigenvalue weighted by molar-refractivity contribution is 0.0937. The van der Waals surface area contributed by atoms with Crippen molar-refractivity contribution in [2.24, 2.45) is 0 Å². The number of amides is 2. The van der Waals surface area contributed by atoms with Gasteiger partial charge in [-0.3, -0.25) is 14.6 Å². The molecule has 0 aliphatic rings. The second kappa shape index (κ2) is 8.61. The second-order valence-corrected chi connectivity index (χ2v) is 7.08. The molecule has 0 fully saturated rings. The molecular weight excluding hydrogens is 388 g/mol. The van der Waals surface area contributed by atoms with Crippen molar-refractivity contribution in [1.29, 1.82) is 0 Å². The van der Waals surface area contributed by atoms with Gasteiger partial charge < -0.3 is 10.6 Å². The Kier molecular flexibility index (Phi) is 5.99. The molecule has 144 valence electrons. The minimum atomic E-state index is -0.839. The van der Waals surface area contributed by atoms with Crippen LogP contribution in [0.15, 0.2) is 36.8 Å². The summed E-state index contributed by atoms with van der Waals surface area (Å²) in [7, 11) is 0.